The number of rotatable bonds is 5. The second-order valence-corrected chi connectivity index (χ2v) is 5.01. The summed E-state index contributed by atoms with van der Waals surface area (Å²) in [6, 6.07) is 5.92. The fraction of sp³-hybridized carbons (Fsp3) is 0.533. The van der Waals surface area contributed by atoms with E-state index in [-0.39, 0.29) is 5.91 Å². The van der Waals surface area contributed by atoms with Crippen molar-refractivity contribution in [3.8, 4) is 0 Å². The van der Waals surface area contributed by atoms with E-state index >= 15 is 0 Å². The van der Waals surface area contributed by atoms with Gasteiger partial charge in [0.05, 0.1) is 0 Å². The second-order valence-electron chi connectivity index (χ2n) is 5.01. The van der Waals surface area contributed by atoms with Crippen LogP contribution in [0.2, 0.25) is 0 Å². The van der Waals surface area contributed by atoms with E-state index < -0.39 is 0 Å². The molecule has 0 atom stereocenters. The summed E-state index contributed by atoms with van der Waals surface area (Å²) in [7, 11) is 2.06. The fourth-order valence-corrected chi connectivity index (χ4v) is 2.34. The van der Waals surface area contributed by atoms with Gasteiger partial charge in [0.1, 0.15) is 0 Å². The molecule has 1 aromatic rings. The number of nitrogens with one attached hydrogen (secondary N) is 2. The maximum Gasteiger partial charge on any atom is 0.251 e. The van der Waals surface area contributed by atoms with Crippen molar-refractivity contribution in [3.63, 3.8) is 0 Å². The molecule has 0 radical (unpaired) electrons. The van der Waals surface area contributed by atoms with Crippen LogP contribution in [0.3, 0.4) is 0 Å². The fourth-order valence-electron chi connectivity index (χ4n) is 2.34. The molecule has 19 heavy (non-hydrogen) atoms. The van der Waals surface area contributed by atoms with E-state index in [1.54, 1.807) is 0 Å². The predicted molar refractivity (Wildman–Crippen MR) is 78.8 cm³/mol. The van der Waals surface area contributed by atoms with Crippen LogP contribution in [0, 0.1) is 0 Å². The van der Waals surface area contributed by atoms with Crippen molar-refractivity contribution in [1.82, 2.24) is 10.2 Å². The third-order valence-corrected chi connectivity index (χ3v) is 3.66. The van der Waals surface area contributed by atoms with Crippen LogP contribution < -0.4 is 10.6 Å². The maximum atomic E-state index is 12.2. The average Bonchev–Trinajstić information content (AvgIpc) is 2.46. The van der Waals surface area contributed by atoms with Gasteiger partial charge >= 0.3 is 0 Å². The molecular weight excluding hydrogens is 238 g/mol. The highest BCUT2D eigenvalue weighted by molar-refractivity contribution is 5.97. The zero-order chi connectivity index (χ0) is 13.7. The van der Waals surface area contributed by atoms with Crippen molar-refractivity contribution >= 4 is 11.6 Å². The Labute approximate surface area is 115 Å². The van der Waals surface area contributed by atoms with Gasteiger partial charge in [0, 0.05) is 30.9 Å². The molecule has 1 amide bonds. The van der Waals surface area contributed by atoms with Crippen molar-refractivity contribution < 1.29 is 4.79 Å². The quantitative estimate of drug-likeness (QED) is 0.848. The molecule has 1 aromatic carbocycles. The lowest BCUT2D eigenvalue weighted by atomic mass is 9.97. The summed E-state index contributed by atoms with van der Waals surface area (Å²) >= 11 is 0. The lowest BCUT2D eigenvalue weighted by molar-refractivity contribution is 0.0949. The number of hydrogen-bond acceptors (Lipinski definition) is 3. The zero-order valence-corrected chi connectivity index (χ0v) is 11.8. The molecule has 2 rings (SSSR count). The Kier molecular flexibility index (Phi) is 4.80. The first-order valence-corrected chi connectivity index (χ1v) is 7.05. The highest BCUT2D eigenvalue weighted by Gasteiger charge is 2.16. The van der Waals surface area contributed by atoms with Gasteiger partial charge in [-0.2, -0.15) is 0 Å². The number of fused-ring (bicyclic) bond motifs is 1. The van der Waals surface area contributed by atoms with Crippen LogP contribution in [0.15, 0.2) is 18.2 Å². The van der Waals surface area contributed by atoms with Gasteiger partial charge in [-0.25, -0.2) is 0 Å². The van der Waals surface area contributed by atoms with Crippen molar-refractivity contribution in [2.75, 3.05) is 38.5 Å². The zero-order valence-electron chi connectivity index (χ0n) is 11.8. The molecule has 104 valence electrons. The van der Waals surface area contributed by atoms with Gasteiger partial charge in [0.25, 0.3) is 5.91 Å². The number of carbonyl (C=O) groups excluding carboxylic acids is 1. The highest BCUT2D eigenvalue weighted by Crippen LogP contribution is 2.25. The molecular formula is C15H23N3O. The molecule has 0 unspecified atom stereocenters. The van der Waals surface area contributed by atoms with Gasteiger partial charge in [0.2, 0.25) is 0 Å². The van der Waals surface area contributed by atoms with E-state index in [0.717, 1.165) is 49.3 Å². The van der Waals surface area contributed by atoms with Crippen molar-refractivity contribution in [1.29, 1.82) is 0 Å². The second kappa shape index (κ2) is 6.57. The molecule has 0 saturated heterocycles. The number of carbonyl (C=O) groups is 1. The number of benzene rings is 1. The molecule has 1 aliphatic heterocycles. The summed E-state index contributed by atoms with van der Waals surface area (Å²) < 4.78 is 0. The molecule has 0 fully saturated rings. The van der Waals surface area contributed by atoms with Gasteiger partial charge in [-0.1, -0.05) is 13.0 Å². The standard InChI is InChI=1S/C15H23N3O/c1-3-18(2)11-10-17-15(19)13-6-4-8-14-12(13)7-5-9-16-14/h4,6,8,16H,3,5,7,9-11H2,1-2H3,(H,17,19). The number of anilines is 1. The summed E-state index contributed by atoms with van der Waals surface area (Å²) in [5, 5.41) is 6.36. The third kappa shape index (κ3) is 3.47. The number of amides is 1. The summed E-state index contributed by atoms with van der Waals surface area (Å²) in [4.78, 5) is 14.4. The average molecular weight is 261 g/mol. The molecule has 2 N–H and O–H groups in total. The van der Waals surface area contributed by atoms with Crippen LogP contribution in [0.4, 0.5) is 5.69 Å². The summed E-state index contributed by atoms with van der Waals surface area (Å²) in [5.41, 5.74) is 3.10. The Balaban J connectivity index is 1.99. The normalized spacial score (nSPS) is 13.8. The summed E-state index contributed by atoms with van der Waals surface area (Å²) in [6.45, 7) is 5.69. The first-order valence-electron chi connectivity index (χ1n) is 7.05. The SMILES string of the molecule is CCN(C)CCNC(=O)c1cccc2c1CCCN2. The molecule has 0 spiro atoms. The van der Waals surface area contributed by atoms with Crippen molar-refractivity contribution in [2.24, 2.45) is 0 Å². The Morgan fingerprint density at radius 2 is 2.32 bits per heavy atom. The topological polar surface area (TPSA) is 44.4 Å². The predicted octanol–water partition coefficient (Wildman–Crippen LogP) is 1.73. The van der Waals surface area contributed by atoms with E-state index in [1.807, 2.05) is 12.1 Å². The lowest BCUT2D eigenvalue weighted by Gasteiger charge is -2.21. The van der Waals surface area contributed by atoms with Crippen LogP contribution in [0.5, 0.6) is 0 Å². The van der Waals surface area contributed by atoms with Gasteiger partial charge < -0.3 is 15.5 Å². The minimum Gasteiger partial charge on any atom is -0.385 e. The number of likely N-dealkylation sites (N-methyl/N-ethyl adjacent to an activating group) is 1. The number of nitrogens with zero attached hydrogens (tertiary/aromatic N) is 1. The van der Waals surface area contributed by atoms with Crippen molar-refractivity contribution in [3.05, 3.63) is 29.3 Å². The van der Waals surface area contributed by atoms with Crippen LogP contribution in [-0.2, 0) is 6.42 Å². The highest BCUT2D eigenvalue weighted by atomic mass is 16.1. The van der Waals surface area contributed by atoms with E-state index in [9.17, 15) is 4.79 Å². The molecule has 0 aromatic heterocycles. The molecule has 0 saturated carbocycles. The summed E-state index contributed by atoms with van der Waals surface area (Å²) in [5.74, 6) is 0.0463. The Morgan fingerprint density at radius 1 is 1.47 bits per heavy atom. The number of hydrogen-bond donors (Lipinski definition) is 2. The molecule has 0 aliphatic carbocycles. The van der Waals surface area contributed by atoms with Crippen molar-refractivity contribution in [2.45, 2.75) is 19.8 Å². The Morgan fingerprint density at radius 3 is 3.11 bits per heavy atom. The Bertz CT molecular complexity index is 445. The van der Waals surface area contributed by atoms with E-state index in [0.29, 0.717) is 6.54 Å². The lowest BCUT2D eigenvalue weighted by Crippen LogP contribution is -2.33. The first-order chi connectivity index (χ1) is 9.22. The molecule has 1 heterocycles. The van der Waals surface area contributed by atoms with E-state index in [4.69, 9.17) is 0 Å². The van der Waals surface area contributed by atoms with E-state index in [1.165, 1.54) is 0 Å². The van der Waals surface area contributed by atoms with E-state index in [2.05, 4.69) is 35.6 Å². The minimum absolute atomic E-state index is 0.0463. The van der Waals surface area contributed by atoms with Gasteiger partial charge in [-0.3, -0.25) is 4.79 Å². The monoisotopic (exact) mass is 261 g/mol. The van der Waals surface area contributed by atoms with Crippen LogP contribution in [-0.4, -0.2) is 44.0 Å². The summed E-state index contributed by atoms with van der Waals surface area (Å²) in [6.07, 6.45) is 2.08. The van der Waals surface area contributed by atoms with Crippen LogP contribution in [0.25, 0.3) is 0 Å². The van der Waals surface area contributed by atoms with Gasteiger partial charge in [-0.15, -0.1) is 0 Å². The van der Waals surface area contributed by atoms with Gasteiger partial charge in [-0.05, 0) is 44.1 Å². The van der Waals surface area contributed by atoms with Crippen LogP contribution in [0.1, 0.15) is 29.3 Å². The maximum absolute atomic E-state index is 12.2. The smallest absolute Gasteiger partial charge is 0.251 e. The van der Waals surface area contributed by atoms with Gasteiger partial charge in [0.15, 0.2) is 0 Å². The third-order valence-electron chi connectivity index (χ3n) is 3.66. The van der Waals surface area contributed by atoms with Crippen LogP contribution >= 0.6 is 0 Å². The molecule has 0 bridgehead atoms. The first kappa shape index (κ1) is 13.9. The minimum atomic E-state index is 0.0463. The largest absolute Gasteiger partial charge is 0.385 e. The molecule has 4 nitrogen and oxygen atoms in total. The molecule has 1 aliphatic rings. The Hall–Kier alpha value is -1.55. The molecule has 4 heteroatoms.